The van der Waals surface area contributed by atoms with Crippen LogP contribution in [0.4, 0.5) is 0 Å². The van der Waals surface area contributed by atoms with Crippen LogP contribution in [0.2, 0.25) is 0 Å². The number of carbonyl (C=O) groups is 3. The largest absolute Gasteiger partial charge is 0.504 e. The van der Waals surface area contributed by atoms with Gasteiger partial charge in [-0.3, -0.25) is 14.5 Å². The zero-order valence-corrected chi connectivity index (χ0v) is 26.6. The van der Waals surface area contributed by atoms with E-state index in [1.54, 1.807) is 6.20 Å². The highest BCUT2D eigenvalue weighted by Crippen LogP contribution is 2.63. The smallest absolute Gasteiger partial charge is 0.340 e. The summed E-state index contributed by atoms with van der Waals surface area (Å²) >= 11 is 0. The first-order chi connectivity index (χ1) is 20.9. The third kappa shape index (κ3) is 4.91. The molecule has 4 fully saturated rings. The van der Waals surface area contributed by atoms with E-state index in [1.807, 2.05) is 13.8 Å². The van der Waals surface area contributed by atoms with Crippen molar-refractivity contribution in [2.45, 2.75) is 77.2 Å². The number of hydrogen-bond donors (Lipinski definition) is 2. The molecule has 3 aliphatic heterocycles. The molecule has 3 aliphatic carbocycles. The van der Waals surface area contributed by atoms with Gasteiger partial charge < -0.3 is 34.2 Å². The first-order valence-corrected chi connectivity index (χ1v) is 16.1. The van der Waals surface area contributed by atoms with Crippen LogP contribution in [0.3, 0.4) is 0 Å². The van der Waals surface area contributed by atoms with Crippen LogP contribution in [-0.2, 0) is 28.6 Å². The summed E-state index contributed by atoms with van der Waals surface area (Å²) in [6.45, 7) is 10.4. The summed E-state index contributed by atoms with van der Waals surface area (Å²) in [5, 5.41) is 22.8. The number of likely N-dealkylation sites (tertiary alicyclic amines) is 1. The summed E-state index contributed by atoms with van der Waals surface area (Å²) in [6.07, 6.45) is 3.01. The van der Waals surface area contributed by atoms with Crippen molar-refractivity contribution >= 4 is 17.7 Å². The average molecular weight is 614 g/mol. The van der Waals surface area contributed by atoms with E-state index < -0.39 is 52.6 Å². The standard InChI is InChI=1S/C33H47N3O8/c1-19(37)43-23-16-32(2)22(6-7-24(32)38)26-28(23)33(3)25(18-42-5)44-31(41)21(27(33)30(40)29(26)39)17-35-12-14-36(15-13-35)20-8-10-34(4)11-9-20/h17,20,22-25,38,40H,6-16,18H2,1-5H3/b21-17+/t22-,23+,24-,25+,32-,33-/m0/s1. The second-order valence-corrected chi connectivity index (χ2v) is 14.0. The van der Waals surface area contributed by atoms with Gasteiger partial charge in [-0.05, 0) is 70.7 Å². The van der Waals surface area contributed by atoms with Crippen molar-refractivity contribution < 1.29 is 38.8 Å². The molecule has 0 amide bonds. The number of hydrogen-bond acceptors (Lipinski definition) is 11. The lowest BCUT2D eigenvalue weighted by Crippen LogP contribution is -2.57. The topological polar surface area (TPSA) is 129 Å². The number of aliphatic hydroxyl groups excluding tert-OH is 2. The molecule has 11 nitrogen and oxygen atoms in total. The van der Waals surface area contributed by atoms with Gasteiger partial charge in [0.25, 0.3) is 0 Å². The van der Waals surface area contributed by atoms with Crippen molar-refractivity contribution in [2.24, 2.45) is 16.7 Å². The zero-order valence-electron chi connectivity index (χ0n) is 26.6. The van der Waals surface area contributed by atoms with E-state index in [0.717, 1.165) is 39.0 Å². The molecule has 44 heavy (non-hydrogen) atoms. The molecule has 0 aromatic rings. The SMILES string of the molecule is COC[C@H]1OC(=O)/C(=C/N2CCN(C3CCN(C)CC3)CC2)C2=C(O)C(=O)C3=C([C@H](OC(C)=O)C[C@]4(C)[C@@H](O)CC[C@@H]34)[C@]21C. The van der Waals surface area contributed by atoms with E-state index in [2.05, 4.69) is 21.7 Å². The molecular formula is C33H47N3O8. The zero-order chi connectivity index (χ0) is 31.6. The summed E-state index contributed by atoms with van der Waals surface area (Å²) < 4.78 is 17.5. The van der Waals surface area contributed by atoms with Gasteiger partial charge >= 0.3 is 11.9 Å². The first-order valence-electron chi connectivity index (χ1n) is 16.1. The molecule has 0 aromatic carbocycles. The maximum atomic E-state index is 14.2. The third-order valence-corrected chi connectivity index (χ3v) is 11.5. The van der Waals surface area contributed by atoms with Crippen molar-refractivity contribution in [3.05, 3.63) is 34.3 Å². The number of cyclic esters (lactones) is 1. The van der Waals surface area contributed by atoms with E-state index in [0.29, 0.717) is 49.5 Å². The minimum absolute atomic E-state index is 0.0177. The van der Waals surface area contributed by atoms with Gasteiger partial charge in [0.05, 0.1) is 23.7 Å². The van der Waals surface area contributed by atoms with Crippen LogP contribution in [0.5, 0.6) is 0 Å². The quantitative estimate of drug-likeness (QED) is 0.349. The monoisotopic (exact) mass is 613 g/mol. The molecule has 11 heteroatoms. The molecule has 3 saturated heterocycles. The predicted octanol–water partition coefficient (Wildman–Crippen LogP) is 1.96. The fourth-order valence-electron chi connectivity index (χ4n) is 9.05. The lowest BCUT2D eigenvalue weighted by atomic mass is 9.53. The molecule has 6 atom stereocenters. The molecule has 0 unspecified atom stereocenters. The van der Waals surface area contributed by atoms with Gasteiger partial charge in [0.15, 0.2) is 5.76 Å². The number of allylic oxidation sites excluding steroid dienone is 1. The second-order valence-electron chi connectivity index (χ2n) is 14.0. The number of aliphatic hydroxyl groups is 2. The van der Waals surface area contributed by atoms with Crippen molar-refractivity contribution in [3.8, 4) is 0 Å². The molecule has 0 aromatic heterocycles. The molecular weight excluding hydrogens is 566 g/mol. The number of ether oxygens (including phenoxy) is 3. The Labute approximate surface area is 259 Å². The molecule has 0 bridgehead atoms. The van der Waals surface area contributed by atoms with Crippen LogP contribution < -0.4 is 0 Å². The molecule has 242 valence electrons. The number of nitrogens with zero attached hydrogens (tertiary/aromatic N) is 3. The number of carbonyl (C=O) groups excluding carboxylic acids is 3. The Morgan fingerprint density at radius 1 is 1.07 bits per heavy atom. The van der Waals surface area contributed by atoms with Gasteiger partial charge in [-0.25, -0.2) is 4.79 Å². The van der Waals surface area contributed by atoms with Gasteiger partial charge in [0.2, 0.25) is 5.78 Å². The van der Waals surface area contributed by atoms with Crippen LogP contribution in [0.15, 0.2) is 34.3 Å². The van der Waals surface area contributed by atoms with Gasteiger partial charge in [-0.2, -0.15) is 0 Å². The van der Waals surface area contributed by atoms with E-state index in [-0.39, 0.29) is 23.7 Å². The predicted molar refractivity (Wildman–Crippen MR) is 160 cm³/mol. The summed E-state index contributed by atoms with van der Waals surface area (Å²) in [4.78, 5) is 47.3. The van der Waals surface area contributed by atoms with E-state index in [1.165, 1.54) is 14.0 Å². The van der Waals surface area contributed by atoms with Crippen LogP contribution in [-0.4, -0.2) is 127 Å². The second kappa shape index (κ2) is 11.6. The number of piperidine rings is 1. The Morgan fingerprint density at radius 2 is 1.75 bits per heavy atom. The lowest BCUT2D eigenvalue weighted by Gasteiger charge is -2.54. The summed E-state index contributed by atoms with van der Waals surface area (Å²) in [7, 11) is 3.67. The lowest BCUT2D eigenvalue weighted by molar-refractivity contribution is -0.161. The van der Waals surface area contributed by atoms with Crippen molar-refractivity contribution in [3.63, 3.8) is 0 Å². The van der Waals surface area contributed by atoms with Crippen LogP contribution in [0.1, 0.15) is 52.9 Å². The molecule has 6 aliphatic rings. The Morgan fingerprint density at radius 3 is 2.39 bits per heavy atom. The molecule has 0 radical (unpaired) electrons. The molecule has 0 spiro atoms. The minimum atomic E-state index is -1.20. The molecule has 3 heterocycles. The van der Waals surface area contributed by atoms with Gasteiger partial charge in [-0.1, -0.05) is 6.92 Å². The van der Waals surface area contributed by atoms with Crippen LogP contribution >= 0.6 is 0 Å². The number of methoxy groups -OCH3 is 1. The number of rotatable bonds is 5. The minimum Gasteiger partial charge on any atom is -0.504 e. The van der Waals surface area contributed by atoms with E-state index in [4.69, 9.17) is 14.2 Å². The van der Waals surface area contributed by atoms with Crippen molar-refractivity contribution in [1.29, 1.82) is 0 Å². The highest BCUT2D eigenvalue weighted by molar-refractivity contribution is 6.13. The third-order valence-electron chi connectivity index (χ3n) is 11.5. The maximum Gasteiger partial charge on any atom is 0.340 e. The highest BCUT2D eigenvalue weighted by Gasteiger charge is 2.64. The number of ketones is 1. The Bertz CT molecular complexity index is 1310. The highest BCUT2D eigenvalue weighted by atomic mass is 16.6. The van der Waals surface area contributed by atoms with Crippen molar-refractivity contribution in [1.82, 2.24) is 14.7 Å². The maximum absolute atomic E-state index is 14.2. The molecule has 1 saturated carbocycles. The normalized spacial score (nSPS) is 38.0. The van der Waals surface area contributed by atoms with Gasteiger partial charge in [-0.15, -0.1) is 0 Å². The number of fused-ring (bicyclic) bond motifs is 4. The Kier molecular flexibility index (Phi) is 8.22. The summed E-state index contributed by atoms with van der Waals surface area (Å²) in [5.74, 6) is -2.53. The van der Waals surface area contributed by atoms with Crippen LogP contribution in [0.25, 0.3) is 0 Å². The fraction of sp³-hybridized carbons (Fsp3) is 0.727. The number of Topliss-reactive ketones (excluding diaryl/α,β-unsaturated/α-hetero) is 1. The number of piperazine rings is 1. The van der Waals surface area contributed by atoms with Gasteiger partial charge in [0, 0.05) is 69.0 Å². The Hall–Kier alpha value is -2.73. The molecule has 6 rings (SSSR count). The summed E-state index contributed by atoms with van der Waals surface area (Å²) in [6, 6.07) is 0.552. The van der Waals surface area contributed by atoms with E-state index in [9.17, 15) is 24.6 Å². The fourth-order valence-corrected chi connectivity index (χ4v) is 9.05. The van der Waals surface area contributed by atoms with Crippen molar-refractivity contribution in [2.75, 3.05) is 60.0 Å². The number of esters is 2. The summed E-state index contributed by atoms with van der Waals surface area (Å²) in [5.41, 5.74) is -0.640. The first kappa shape index (κ1) is 31.3. The average Bonchev–Trinajstić information content (AvgIpc) is 3.27. The van der Waals surface area contributed by atoms with Gasteiger partial charge in [0.1, 0.15) is 12.2 Å². The van der Waals surface area contributed by atoms with Crippen LogP contribution in [0, 0.1) is 16.7 Å². The Balaban J connectivity index is 1.39. The molecule has 2 N–H and O–H groups in total. The van der Waals surface area contributed by atoms with E-state index >= 15 is 0 Å².